The molecule has 0 bridgehead atoms. The van der Waals surface area contributed by atoms with Crippen LogP contribution in [0.2, 0.25) is 0 Å². The Labute approximate surface area is 153 Å². The largest absolute Gasteiger partial charge is 0.423 e. The molecule has 1 amide bonds. The molecule has 6 heteroatoms. The summed E-state index contributed by atoms with van der Waals surface area (Å²) in [5.74, 6) is 1.58. The van der Waals surface area contributed by atoms with Crippen LogP contribution in [0, 0.1) is 6.92 Å². The maximum absolute atomic E-state index is 13.0. The smallest absolute Gasteiger partial charge is 0.254 e. The molecule has 2 aromatic rings. The predicted octanol–water partition coefficient (Wildman–Crippen LogP) is 3.64. The Kier molecular flexibility index (Phi) is 5.02. The molecule has 1 aromatic heterocycles. The molecule has 1 unspecified atom stereocenters. The van der Waals surface area contributed by atoms with E-state index in [-0.39, 0.29) is 17.9 Å². The molecule has 0 radical (unpaired) electrons. The fraction of sp³-hybridized carbons (Fsp3) is 0.550. The molecule has 2 fully saturated rings. The summed E-state index contributed by atoms with van der Waals surface area (Å²) in [6.07, 6.45) is 4.77. The average molecular weight is 355 g/mol. The Bertz CT molecular complexity index is 750. The van der Waals surface area contributed by atoms with Crippen molar-refractivity contribution in [1.29, 1.82) is 0 Å². The first-order valence-corrected chi connectivity index (χ1v) is 9.51. The van der Waals surface area contributed by atoms with E-state index in [0.717, 1.165) is 57.4 Å². The molecule has 4 rings (SSSR count). The molecule has 2 saturated heterocycles. The van der Waals surface area contributed by atoms with Crippen molar-refractivity contribution in [2.75, 3.05) is 19.8 Å². The lowest BCUT2D eigenvalue weighted by atomic mass is 10.00. The summed E-state index contributed by atoms with van der Waals surface area (Å²) < 4.78 is 11.4. The molecule has 0 spiro atoms. The van der Waals surface area contributed by atoms with Crippen LogP contribution in [0.3, 0.4) is 0 Å². The molecule has 0 aliphatic carbocycles. The molecule has 1 aromatic carbocycles. The number of aryl methyl sites for hydroxylation is 1. The van der Waals surface area contributed by atoms with Crippen molar-refractivity contribution in [3.05, 3.63) is 47.2 Å². The second-order valence-electron chi connectivity index (χ2n) is 7.24. The Morgan fingerprint density at radius 2 is 1.77 bits per heavy atom. The van der Waals surface area contributed by atoms with Crippen LogP contribution in [-0.4, -0.2) is 40.8 Å². The first kappa shape index (κ1) is 17.2. The van der Waals surface area contributed by atoms with Crippen LogP contribution in [0.1, 0.15) is 71.8 Å². The van der Waals surface area contributed by atoms with Gasteiger partial charge in [-0.2, -0.15) is 0 Å². The fourth-order valence-electron chi connectivity index (χ4n) is 3.78. The first-order valence-electron chi connectivity index (χ1n) is 9.51. The lowest BCUT2D eigenvalue weighted by Gasteiger charge is -2.33. The highest BCUT2D eigenvalue weighted by atomic mass is 16.5. The Morgan fingerprint density at radius 1 is 1.04 bits per heavy atom. The number of ether oxygens (including phenoxy) is 1. The van der Waals surface area contributed by atoms with Crippen LogP contribution in [0.25, 0.3) is 0 Å². The highest BCUT2D eigenvalue weighted by Crippen LogP contribution is 2.33. The van der Waals surface area contributed by atoms with E-state index in [2.05, 4.69) is 10.2 Å². The van der Waals surface area contributed by atoms with Crippen LogP contribution < -0.4 is 0 Å². The second kappa shape index (κ2) is 7.58. The van der Waals surface area contributed by atoms with Gasteiger partial charge < -0.3 is 14.1 Å². The Morgan fingerprint density at radius 3 is 2.54 bits per heavy atom. The average Bonchev–Trinajstić information content (AvgIpc) is 3.19. The number of nitrogens with zero attached hydrogens (tertiary/aromatic N) is 3. The molecule has 2 aliphatic heterocycles. The van der Waals surface area contributed by atoms with E-state index >= 15 is 0 Å². The van der Waals surface area contributed by atoms with Crippen LogP contribution in [0.4, 0.5) is 0 Å². The zero-order valence-electron chi connectivity index (χ0n) is 15.2. The summed E-state index contributed by atoms with van der Waals surface area (Å²) in [6.45, 7) is 4.23. The topological polar surface area (TPSA) is 68.5 Å². The molecule has 2 aliphatic rings. The summed E-state index contributed by atoms with van der Waals surface area (Å²) in [5, 5.41) is 8.59. The minimum absolute atomic E-state index is 0.0421. The van der Waals surface area contributed by atoms with E-state index < -0.39 is 0 Å². The molecule has 0 saturated carbocycles. The summed E-state index contributed by atoms with van der Waals surface area (Å²) in [6, 6.07) is 7.61. The van der Waals surface area contributed by atoms with Crippen LogP contribution in [0.15, 0.2) is 28.7 Å². The lowest BCUT2D eigenvalue weighted by Crippen LogP contribution is -2.38. The van der Waals surface area contributed by atoms with Gasteiger partial charge in [0, 0.05) is 31.2 Å². The van der Waals surface area contributed by atoms with Crippen molar-refractivity contribution < 1.29 is 13.9 Å². The normalized spacial score (nSPS) is 21.7. The van der Waals surface area contributed by atoms with Gasteiger partial charge in [-0.15, -0.1) is 10.2 Å². The Balaban J connectivity index is 1.54. The number of carbonyl (C=O) groups is 1. The van der Waals surface area contributed by atoms with Crippen molar-refractivity contribution >= 4 is 5.91 Å². The van der Waals surface area contributed by atoms with E-state index in [4.69, 9.17) is 9.15 Å². The lowest BCUT2D eigenvalue weighted by molar-refractivity contribution is 0.0561. The summed E-state index contributed by atoms with van der Waals surface area (Å²) in [4.78, 5) is 14.9. The van der Waals surface area contributed by atoms with Crippen molar-refractivity contribution in [3.8, 4) is 0 Å². The molecule has 26 heavy (non-hydrogen) atoms. The molecular formula is C20H25N3O3. The molecule has 0 N–H and O–H groups in total. The number of piperidine rings is 1. The number of aromatic nitrogens is 2. The zero-order chi connectivity index (χ0) is 17.9. The number of carbonyl (C=O) groups excluding carboxylic acids is 1. The third-order valence-corrected chi connectivity index (χ3v) is 5.37. The number of rotatable bonds is 3. The number of benzene rings is 1. The van der Waals surface area contributed by atoms with Gasteiger partial charge >= 0.3 is 0 Å². The standard InChI is InChI=1S/C20H25N3O3/c1-14-5-7-16(8-6-14)20(24)23-11-3-2-4-17(23)19-22-21-18(26-19)15-9-12-25-13-10-15/h5-8,15,17H,2-4,9-13H2,1H3. The molecule has 6 nitrogen and oxygen atoms in total. The van der Waals surface area contributed by atoms with E-state index in [1.807, 2.05) is 36.1 Å². The van der Waals surface area contributed by atoms with Crippen LogP contribution >= 0.6 is 0 Å². The van der Waals surface area contributed by atoms with Crippen LogP contribution in [-0.2, 0) is 4.74 Å². The summed E-state index contributed by atoms with van der Waals surface area (Å²) in [5.41, 5.74) is 1.86. The predicted molar refractivity (Wildman–Crippen MR) is 95.9 cm³/mol. The van der Waals surface area contributed by atoms with Gasteiger partial charge in [-0.1, -0.05) is 17.7 Å². The number of amides is 1. The van der Waals surface area contributed by atoms with E-state index in [0.29, 0.717) is 17.3 Å². The molecule has 3 heterocycles. The minimum atomic E-state index is -0.126. The number of likely N-dealkylation sites (tertiary alicyclic amines) is 1. The van der Waals surface area contributed by atoms with E-state index in [1.165, 1.54) is 0 Å². The van der Waals surface area contributed by atoms with Gasteiger partial charge in [0.05, 0.1) is 0 Å². The zero-order valence-corrected chi connectivity index (χ0v) is 15.2. The third-order valence-electron chi connectivity index (χ3n) is 5.37. The quantitative estimate of drug-likeness (QED) is 0.841. The third kappa shape index (κ3) is 3.51. The first-order chi connectivity index (χ1) is 12.7. The van der Waals surface area contributed by atoms with Gasteiger partial charge in [-0.3, -0.25) is 4.79 Å². The van der Waals surface area contributed by atoms with Gasteiger partial charge in [-0.05, 0) is 51.2 Å². The van der Waals surface area contributed by atoms with Gasteiger partial charge in [0.15, 0.2) is 0 Å². The monoisotopic (exact) mass is 355 g/mol. The maximum atomic E-state index is 13.0. The summed E-state index contributed by atoms with van der Waals surface area (Å²) in [7, 11) is 0. The van der Waals surface area contributed by atoms with E-state index in [1.54, 1.807) is 0 Å². The van der Waals surface area contributed by atoms with E-state index in [9.17, 15) is 4.79 Å². The molecular weight excluding hydrogens is 330 g/mol. The van der Waals surface area contributed by atoms with Crippen LogP contribution in [0.5, 0.6) is 0 Å². The van der Waals surface area contributed by atoms with Crippen molar-refractivity contribution in [2.45, 2.75) is 51.0 Å². The van der Waals surface area contributed by atoms with Gasteiger partial charge in [-0.25, -0.2) is 0 Å². The number of hydrogen-bond donors (Lipinski definition) is 0. The van der Waals surface area contributed by atoms with Crippen molar-refractivity contribution in [1.82, 2.24) is 15.1 Å². The molecule has 1 atom stereocenters. The second-order valence-corrected chi connectivity index (χ2v) is 7.24. The maximum Gasteiger partial charge on any atom is 0.254 e. The SMILES string of the molecule is Cc1ccc(C(=O)N2CCCCC2c2nnc(C3CCOCC3)o2)cc1. The number of hydrogen-bond acceptors (Lipinski definition) is 5. The highest BCUT2D eigenvalue weighted by molar-refractivity contribution is 5.94. The highest BCUT2D eigenvalue weighted by Gasteiger charge is 2.33. The fourth-order valence-corrected chi connectivity index (χ4v) is 3.78. The molecule has 138 valence electrons. The van der Waals surface area contributed by atoms with Gasteiger partial charge in [0.1, 0.15) is 6.04 Å². The van der Waals surface area contributed by atoms with Gasteiger partial charge in [0.25, 0.3) is 5.91 Å². The van der Waals surface area contributed by atoms with Crippen molar-refractivity contribution in [2.24, 2.45) is 0 Å². The minimum Gasteiger partial charge on any atom is -0.423 e. The Hall–Kier alpha value is -2.21. The van der Waals surface area contributed by atoms with Crippen molar-refractivity contribution in [3.63, 3.8) is 0 Å². The summed E-state index contributed by atoms with van der Waals surface area (Å²) >= 11 is 0. The van der Waals surface area contributed by atoms with Gasteiger partial charge in [0.2, 0.25) is 11.8 Å².